The Morgan fingerprint density at radius 1 is 1.26 bits per heavy atom. The Labute approximate surface area is 115 Å². The third-order valence-electron chi connectivity index (χ3n) is 3.94. The van der Waals surface area contributed by atoms with E-state index in [1.165, 1.54) is 23.7 Å². The second kappa shape index (κ2) is 6.20. The fourth-order valence-electron chi connectivity index (χ4n) is 2.68. The van der Waals surface area contributed by atoms with Crippen LogP contribution in [0.15, 0.2) is 24.3 Å². The standard InChI is InChI=1S/C16H25N3/c1-4-8-12(3)14(17)11-15-13-9-6-7-10-16(13)19(5-2)18-15/h6-7,9-10,12,14H,4-5,8,11,17H2,1-3H3. The van der Waals surface area contributed by atoms with E-state index in [-0.39, 0.29) is 6.04 Å². The summed E-state index contributed by atoms with van der Waals surface area (Å²) in [6.07, 6.45) is 3.25. The topological polar surface area (TPSA) is 43.8 Å². The zero-order chi connectivity index (χ0) is 13.8. The first-order chi connectivity index (χ1) is 9.17. The lowest BCUT2D eigenvalue weighted by Crippen LogP contribution is -2.30. The van der Waals surface area contributed by atoms with Crippen LogP contribution in [0.5, 0.6) is 0 Å². The van der Waals surface area contributed by atoms with E-state index < -0.39 is 0 Å². The van der Waals surface area contributed by atoms with E-state index in [9.17, 15) is 0 Å². The molecule has 3 heteroatoms. The highest BCUT2D eigenvalue weighted by Crippen LogP contribution is 2.21. The van der Waals surface area contributed by atoms with Crippen molar-refractivity contribution in [3.8, 4) is 0 Å². The lowest BCUT2D eigenvalue weighted by atomic mass is 9.93. The first-order valence-electron chi connectivity index (χ1n) is 7.37. The number of nitrogens with zero attached hydrogens (tertiary/aromatic N) is 2. The first-order valence-corrected chi connectivity index (χ1v) is 7.37. The van der Waals surface area contributed by atoms with Crippen molar-refractivity contribution in [2.24, 2.45) is 11.7 Å². The molecule has 0 saturated carbocycles. The van der Waals surface area contributed by atoms with Crippen LogP contribution in [0.25, 0.3) is 10.9 Å². The van der Waals surface area contributed by atoms with Crippen LogP contribution in [0.4, 0.5) is 0 Å². The summed E-state index contributed by atoms with van der Waals surface area (Å²) >= 11 is 0. The summed E-state index contributed by atoms with van der Waals surface area (Å²) in [5.41, 5.74) is 8.69. The Kier molecular flexibility index (Phi) is 4.59. The van der Waals surface area contributed by atoms with Crippen LogP contribution >= 0.6 is 0 Å². The van der Waals surface area contributed by atoms with Crippen LogP contribution in [-0.4, -0.2) is 15.8 Å². The number of para-hydroxylation sites is 1. The average molecular weight is 259 g/mol. The van der Waals surface area contributed by atoms with Crippen molar-refractivity contribution in [3.63, 3.8) is 0 Å². The molecule has 0 aliphatic carbocycles. The Bertz CT molecular complexity index is 530. The molecule has 2 aromatic rings. The van der Waals surface area contributed by atoms with Gasteiger partial charge in [0, 0.05) is 24.4 Å². The predicted molar refractivity (Wildman–Crippen MR) is 81.2 cm³/mol. The van der Waals surface area contributed by atoms with E-state index >= 15 is 0 Å². The van der Waals surface area contributed by atoms with Crippen LogP contribution < -0.4 is 5.73 Å². The lowest BCUT2D eigenvalue weighted by Gasteiger charge is -2.18. The molecule has 0 spiro atoms. The fourth-order valence-corrected chi connectivity index (χ4v) is 2.68. The van der Waals surface area contributed by atoms with Crippen LogP contribution in [0.2, 0.25) is 0 Å². The lowest BCUT2D eigenvalue weighted by molar-refractivity contribution is 0.416. The van der Waals surface area contributed by atoms with E-state index in [2.05, 4.69) is 49.7 Å². The maximum Gasteiger partial charge on any atom is 0.0718 e. The molecule has 0 radical (unpaired) electrons. The Hall–Kier alpha value is -1.35. The quantitative estimate of drug-likeness (QED) is 0.864. The van der Waals surface area contributed by atoms with Crippen molar-refractivity contribution in [2.75, 3.05) is 0 Å². The third-order valence-corrected chi connectivity index (χ3v) is 3.94. The number of benzene rings is 1. The van der Waals surface area contributed by atoms with Crippen LogP contribution in [0, 0.1) is 5.92 Å². The van der Waals surface area contributed by atoms with Gasteiger partial charge in [-0.05, 0) is 25.3 Å². The molecular formula is C16H25N3. The molecule has 2 rings (SSSR count). The highest BCUT2D eigenvalue weighted by Gasteiger charge is 2.17. The number of rotatable bonds is 6. The van der Waals surface area contributed by atoms with Gasteiger partial charge in [-0.2, -0.15) is 5.10 Å². The molecule has 2 unspecified atom stereocenters. The maximum absolute atomic E-state index is 6.33. The molecule has 0 fully saturated rings. The Morgan fingerprint density at radius 2 is 2.00 bits per heavy atom. The minimum atomic E-state index is 0.198. The van der Waals surface area contributed by atoms with Gasteiger partial charge in [-0.3, -0.25) is 4.68 Å². The van der Waals surface area contributed by atoms with Gasteiger partial charge in [0.15, 0.2) is 0 Å². The molecule has 2 N–H and O–H groups in total. The van der Waals surface area contributed by atoms with Crippen molar-refractivity contribution in [2.45, 2.75) is 52.6 Å². The van der Waals surface area contributed by atoms with E-state index in [0.717, 1.165) is 18.7 Å². The Balaban J connectivity index is 2.25. The molecule has 19 heavy (non-hydrogen) atoms. The maximum atomic E-state index is 6.33. The smallest absolute Gasteiger partial charge is 0.0718 e. The largest absolute Gasteiger partial charge is 0.327 e. The van der Waals surface area contributed by atoms with Gasteiger partial charge in [-0.15, -0.1) is 0 Å². The van der Waals surface area contributed by atoms with E-state index in [4.69, 9.17) is 10.8 Å². The van der Waals surface area contributed by atoms with E-state index in [1.807, 2.05) is 0 Å². The Morgan fingerprint density at radius 3 is 2.68 bits per heavy atom. The van der Waals surface area contributed by atoms with Crippen molar-refractivity contribution >= 4 is 10.9 Å². The molecule has 0 aliphatic rings. The average Bonchev–Trinajstić information content (AvgIpc) is 2.77. The second-order valence-corrected chi connectivity index (χ2v) is 5.41. The third kappa shape index (κ3) is 2.98. The summed E-state index contributed by atoms with van der Waals surface area (Å²) in [5, 5.41) is 5.98. The van der Waals surface area contributed by atoms with Gasteiger partial charge < -0.3 is 5.73 Å². The number of hydrogen-bond acceptors (Lipinski definition) is 2. The molecule has 1 aromatic carbocycles. The van der Waals surface area contributed by atoms with Crippen molar-refractivity contribution in [1.82, 2.24) is 9.78 Å². The molecule has 0 amide bonds. The van der Waals surface area contributed by atoms with Crippen molar-refractivity contribution in [3.05, 3.63) is 30.0 Å². The second-order valence-electron chi connectivity index (χ2n) is 5.41. The summed E-state index contributed by atoms with van der Waals surface area (Å²) in [6.45, 7) is 7.49. The van der Waals surface area contributed by atoms with Crippen LogP contribution in [0.3, 0.4) is 0 Å². The van der Waals surface area contributed by atoms with Crippen molar-refractivity contribution < 1.29 is 0 Å². The van der Waals surface area contributed by atoms with Gasteiger partial charge in [-0.1, -0.05) is 38.5 Å². The first kappa shape index (κ1) is 14.1. The summed E-state index contributed by atoms with van der Waals surface area (Å²) in [6, 6.07) is 8.63. The fraction of sp³-hybridized carbons (Fsp3) is 0.562. The zero-order valence-electron chi connectivity index (χ0n) is 12.3. The zero-order valence-corrected chi connectivity index (χ0v) is 12.3. The number of aryl methyl sites for hydroxylation is 1. The number of hydrogen-bond donors (Lipinski definition) is 1. The van der Waals surface area contributed by atoms with Crippen LogP contribution in [-0.2, 0) is 13.0 Å². The highest BCUT2D eigenvalue weighted by atomic mass is 15.3. The highest BCUT2D eigenvalue weighted by molar-refractivity contribution is 5.82. The summed E-state index contributed by atoms with van der Waals surface area (Å²) < 4.78 is 2.07. The molecule has 0 bridgehead atoms. The minimum Gasteiger partial charge on any atom is -0.327 e. The SMILES string of the molecule is CCCC(C)C(N)Cc1nn(CC)c2ccccc12. The van der Waals surface area contributed by atoms with Crippen molar-refractivity contribution in [1.29, 1.82) is 0 Å². The minimum absolute atomic E-state index is 0.198. The molecule has 2 atom stereocenters. The van der Waals surface area contributed by atoms with Gasteiger partial charge >= 0.3 is 0 Å². The molecule has 104 valence electrons. The summed E-state index contributed by atoms with van der Waals surface area (Å²) in [4.78, 5) is 0. The van der Waals surface area contributed by atoms with Gasteiger partial charge in [0.2, 0.25) is 0 Å². The number of fused-ring (bicyclic) bond motifs is 1. The van der Waals surface area contributed by atoms with E-state index in [0.29, 0.717) is 5.92 Å². The molecule has 3 nitrogen and oxygen atoms in total. The molecular weight excluding hydrogens is 234 g/mol. The number of nitrogens with two attached hydrogens (primary N) is 1. The summed E-state index contributed by atoms with van der Waals surface area (Å²) in [7, 11) is 0. The van der Waals surface area contributed by atoms with Gasteiger partial charge in [-0.25, -0.2) is 0 Å². The van der Waals surface area contributed by atoms with Gasteiger partial charge in [0.25, 0.3) is 0 Å². The van der Waals surface area contributed by atoms with Crippen LogP contribution in [0.1, 0.15) is 39.3 Å². The molecule has 0 saturated heterocycles. The van der Waals surface area contributed by atoms with E-state index in [1.54, 1.807) is 0 Å². The number of aromatic nitrogens is 2. The predicted octanol–water partition coefficient (Wildman–Crippen LogP) is 3.36. The molecule has 1 aromatic heterocycles. The monoisotopic (exact) mass is 259 g/mol. The van der Waals surface area contributed by atoms with Gasteiger partial charge in [0.05, 0.1) is 11.2 Å². The van der Waals surface area contributed by atoms with Gasteiger partial charge in [0.1, 0.15) is 0 Å². The summed E-state index contributed by atoms with van der Waals surface area (Å²) in [5.74, 6) is 0.551. The normalized spacial score (nSPS) is 14.7. The molecule has 0 aliphatic heterocycles. The molecule has 1 heterocycles.